The van der Waals surface area contributed by atoms with Crippen molar-refractivity contribution in [2.45, 2.75) is 26.1 Å². The summed E-state index contributed by atoms with van der Waals surface area (Å²) in [6, 6.07) is 7.54. The zero-order chi connectivity index (χ0) is 15.1. The summed E-state index contributed by atoms with van der Waals surface area (Å²) in [4.78, 5) is 14.5. The minimum atomic E-state index is -0.0847. The Morgan fingerprint density at radius 2 is 2.14 bits per heavy atom. The molecule has 22 heavy (non-hydrogen) atoms. The first-order valence-electron chi connectivity index (χ1n) is 7.19. The van der Waals surface area contributed by atoms with Gasteiger partial charge in [-0.2, -0.15) is 0 Å². The maximum absolute atomic E-state index is 12.6. The molecule has 3 aromatic rings. The topological polar surface area (TPSA) is 81.7 Å². The summed E-state index contributed by atoms with van der Waals surface area (Å²) in [5.41, 5.74) is 1.66. The second-order valence-corrected chi connectivity index (χ2v) is 5.38. The average molecular weight is 297 g/mol. The molecule has 1 atom stereocenters. The fraction of sp³-hybridized carbons (Fsp3) is 0.357. The molecule has 8 nitrogen and oxygen atoms in total. The van der Waals surface area contributed by atoms with E-state index in [2.05, 4.69) is 20.5 Å². The van der Waals surface area contributed by atoms with Gasteiger partial charge in [-0.3, -0.25) is 4.79 Å². The predicted molar refractivity (Wildman–Crippen MR) is 77.7 cm³/mol. The summed E-state index contributed by atoms with van der Waals surface area (Å²) < 4.78 is 3.63. The van der Waals surface area contributed by atoms with Crippen molar-refractivity contribution in [1.29, 1.82) is 0 Å². The molecule has 0 saturated heterocycles. The van der Waals surface area contributed by atoms with Crippen LogP contribution in [0.2, 0.25) is 0 Å². The normalized spacial score (nSPS) is 17.7. The molecule has 0 aliphatic carbocycles. The van der Waals surface area contributed by atoms with E-state index >= 15 is 0 Å². The molecule has 112 valence electrons. The summed E-state index contributed by atoms with van der Waals surface area (Å²) in [7, 11) is 0. The molecule has 0 saturated carbocycles. The molecule has 0 fully saturated rings. The van der Waals surface area contributed by atoms with Gasteiger partial charge >= 0.3 is 0 Å². The molecule has 4 rings (SSSR count). The lowest BCUT2D eigenvalue weighted by Crippen LogP contribution is -2.42. The fourth-order valence-corrected chi connectivity index (χ4v) is 2.90. The number of rotatable bonds is 2. The van der Waals surface area contributed by atoms with Gasteiger partial charge in [0.05, 0.1) is 11.6 Å². The smallest absolute Gasteiger partial charge is 0.245 e. The maximum Gasteiger partial charge on any atom is 0.245 e. The summed E-state index contributed by atoms with van der Waals surface area (Å²) in [6.07, 6.45) is 1.71. The van der Waals surface area contributed by atoms with Gasteiger partial charge in [0, 0.05) is 13.1 Å². The number of carbonyl (C=O) groups excluding carboxylic acids is 1. The van der Waals surface area contributed by atoms with E-state index in [1.807, 2.05) is 40.7 Å². The van der Waals surface area contributed by atoms with Gasteiger partial charge in [-0.15, -0.1) is 15.3 Å². The zero-order valence-corrected chi connectivity index (χ0v) is 12.1. The Bertz CT molecular complexity index is 836. The van der Waals surface area contributed by atoms with Gasteiger partial charge in [-0.25, -0.2) is 4.68 Å². The van der Waals surface area contributed by atoms with Gasteiger partial charge in [-0.05, 0) is 19.1 Å². The molecule has 1 amide bonds. The number of para-hydroxylation sites is 1. The monoisotopic (exact) mass is 297 g/mol. The summed E-state index contributed by atoms with van der Waals surface area (Å²) in [5.74, 6) is 0.834. The van der Waals surface area contributed by atoms with Crippen LogP contribution in [0.4, 0.5) is 0 Å². The van der Waals surface area contributed by atoms with E-state index in [0.717, 1.165) is 23.4 Å². The van der Waals surface area contributed by atoms with E-state index in [9.17, 15) is 4.79 Å². The van der Waals surface area contributed by atoms with Crippen molar-refractivity contribution >= 4 is 16.9 Å². The molecule has 0 radical (unpaired) electrons. The second-order valence-electron chi connectivity index (χ2n) is 5.38. The van der Waals surface area contributed by atoms with Gasteiger partial charge in [-0.1, -0.05) is 17.3 Å². The van der Waals surface area contributed by atoms with E-state index in [0.29, 0.717) is 6.54 Å². The highest BCUT2D eigenvalue weighted by Crippen LogP contribution is 2.23. The molecule has 8 heteroatoms. The van der Waals surface area contributed by atoms with Crippen LogP contribution in [-0.2, 0) is 17.9 Å². The Hall–Kier alpha value is -2.77. The summed E-state index contributed by atoms with van der Waals surface area (Å²) in [5, 5.41) is 16.2. The Labute approximate surface area is 126 Å². The first-order valence-corrected chi connectivity index (χ1v) is 7.19. The number of hydrogen-bond donors (Lipinski definition) is 0. The lowest BCUT2D eigenvalue weighted by atomic mass is 10.2. The minimum Gasteiger partial charge on any atom is -0.329 e. The van der Waals surface area contributed by atoms with E-state index < -0.39 is 0 Å². The standard InChI is InChI=1S/C14H15N7O/c1-10-14-17-15-9-19(14)6-7-20(10)13(22)8-21-12-5-3-2-4-11(12)16-18-21/h2-5,9-10H,6-8H2,1H3. The second kappa shape index (κ2) is 4.90. The highest BCUT2D eigenvalue weighted by atomic mass is 16.2. The Kier molecular flexibility index (Phi) is 2.88. The van der Waals surface area contributed by atoms with Crippen LogP contribution in [-0.4, -0.2) is 47.1 Å². The third-order valence-electron chi connectivity index (χ3n) is 4.09. The molecule has 0 N–H and O–H groups in total. The quantitative estimate of drug-likeness (QED) is 0.693. The van der Waals surface area contributed by atoms with Gasteiger partial charge in [0.25, 0.3) is 0 Å². The largest absolute Gasteiger partial charge is 0.329 e. The van der Waals surface area contributed by atoms with Crippen LogP contribution in [0.5, 0.6) is 0 Å². The molecule has 1 aliphatic rings. The molecular formula is C14H15N7O. The first-order chi connectivity index (χ1) is 10.7. The first kappa shape index (κ1) is 12.9. The number of benzene rings is 1. The minimum absolute atomic E-state index is 0.0115. The number of hydrogen-bond acceptors (Lipinski definition) is 5. The van der Waals surface area contributed by atoms with Gasteiger partial charge in [0.15, 0.2) is 5.82 Å². The van der Waals surface area contributed by atoms with Crippen molar-refractivity contribution in [3.63, 3.8) is 0 Å². The SMILES string of the molecule is CC1c2nncn2CCN1C(=O)Cn1nnc2ccccc21. The summed E-state index contributed by atoms with van der Waals surface area (Å²) in [6.45, 7) is 3.52. The van der Waals surface area contributed by atoms with Crippen molar-refractivity contribution < 1.29 is 4.79 Å². The van der Waals surface area contributed by atoms with Crippen LogP contribution in [0.15, 0.2) is 30.6 Å². The number of aromatic nitrogens is 6. The van der Waals surface area contributed by atoms with Crippen molar-refractivity contribution in [2.24, 2.45) is 0 Å². The number of fused-ring (bicyclic) bond motifs is 2. The predicted octanol–water partition coefficient (Wildman–Crippen LogP) is 0.626. The van der Waals surface area contributed by atoms with Crippen molar-refractivity contribution in [3.05, 3.63) is 36.4 Å². The molecule has 1 unspecified atom stereocenters. The van der Waals surface area contributed by atoms with E-state index in [1.165, 1.54) is 0 Å². The zero-order valence-electron chi connectivity index (χ0n) is 12.1. The van der Waals surface area contributed by atoms with E-state index in [-0.39, 0.29) is 18.5 Å². The average Bonchev–Trinajstić information content (AvgIpc) is 3.15. The molecule has 1 aliphatic heterocycles. The van der Waals surface area contributed by atoms with Crippen LogP contribution < -0.4 is 0 Å². The molecule has 3 heterocycles. The van der Waals surface area contributed by atoms with Crippen molar-refractivity contribution in [1.82, 2.24) is 34.7 Å². The Balaban J connectivity index is 1.58. The summed E-state index contributed by atoms with van der Waals surface area (Å²) >= 11 is 0. The Morgan fingerprint density at radius 1 is 1.27 bits per heavy atom. The number of nitrogens with zero attached hydrogens (tertiary/aromatic N) is 7. The van der Waals surface area contributed by atoms with E-state index in [4.69, 9.17) is 0 Å². The van der Waals surface area contributed by atoms with Crippen LogP contribution >= 0.6 is 0 Å². The number of carbonyl (C=O) groups is 1. The molecular weight excluding hydrogens is 282 g/mol. The van der Waals surface area contributed by atoms with Crippen molar-refractivity contribution in [3.8, 4) is 0 Å². The van der Waals surface area contributed by atoms with Gasteiger partial charge < -0.3 is 9.47 Å². The van der Waals surface area contributed by atoms with Crippen LogP contribution in [0, 0.1) is 0 Å². The maximum atomic E-state index is 12.6. The Morgan fingerprint density at radius 3 is 3.05 bits per heavy atom. The van der Waals surface area contributed by atoms with Gasteiger partial charge in [0.2, 0.25) is 5.91 Å². The fourth-order valence-electron chi connectivity index (χ4n) is 2.90. The highest BCUT2D eigenvalue weighted by molar-refractivity contribution is 5.80. The van der Waals surface area contributed by atoms with Crippen molar-refractivity contribution in [2.75, 3.05) is 6.54 Å². The van der Waals surface area contributed by atoms with Crippen LogP contribution in [0.25, 0.3) is 11.0 Å². The molecule has 0 bridgehead atoms. The number of amides is 1. The lowest BCUT2D eigenvalue weighted by molar-refractivity contribution is -0.135. The lowest BCUT2D eigenvalue weighted by Gasteiger charge is -2.33. The van der Waals surface area contributed by atoms with Crippen LogP contribution in [0.3, 0.4) is 0 Å². The third-order valence-corrected chi connectivity index (χ3v) is 4.09. The third kappa shape index (κ3) is 1.95. The molecule has 1 aromatic carbocycles. The van der Waals surface area contributed by atoms with E-state index in [1.54, 1.807) is 11.0 Å². The molecule has 0 spiro atoms. The molecule has 2 aromatic heterocycles. The van der Waals surface area contributed by atoms with Crippen LogP contribution in [0.1, 0.15) is 18.8 Å². The van der Waals surface area contributed by atoms with Gasteiger partial charge in [0.1, 0.15) is 18.4 Å². The highest BCUT2D eigenvalue weighted by Gasteiger charge is 2.29.